The molecule has 27 heavy (non-hydrogen) atoms. The van der Waals surface area contributed by atoms with E-state index < -0.39 is 0 Å². The van der Waals surface area contributed by atoms with Crippen LogP contribution in [0.25, 0.3) is 0 Å². The van der Waals surface area contributed by atoms with Crippen LogP contribution in [0.15, 0.2) is 42.5 Å². The van der Waals surface area contributed by atoms with Gasteiger partial charge in [-0.1, -0.05) is 11.6 Å². The summed E-state index contributed by atoms with van der Waals surface area (Å²) < 4.78 is 10.4. The lowest BCUT2D eigenvalue weighted by atomic mass is 10.2. The summed E-state index contributed by atoms with van der Waals surface area (Å²) in [5, 5.41) is 6.15. The number of carbonyl (C=O) groups is 2. The van der Waals surface area contributed by atoms with Gasteiger partial charge in [-0.15, -0.1) is 0 Å². The highest BCUT2D eigenvalue weighted by Crippen LogP contribution is 2.28. The quantitative estimate of drug-likeness (QED) is 0.635. The van der Waals surface area contributed by atoms with Crippen LogP contribution >= 0.6 is 11.6 Å². The van der Waals surface area contributed by atoms with Crippen molar-refractivity contribution in [1.82, 2.24) is 0 Å². The van der Waals surface area contributed by atoms with Gasteiger partial charge in [0, 0.05) is 16.8 Å². The van der Waals surface area contributed by atoms with Crippen molar-refractivity contribution >= 4 is 34.8 Å². The SMILES string of the molecule is COc1ccc(OC)c(NC(=O)C[NH+](C)CC(=O)Nc2ccc(Cl)cc2)c1. The number of hydrogen-bond donors (Lipinski definition) is 3. The van der Waals surface area contributed by atoms with Gasteiger partial charge in [-0.2, -0.15) is 0 Å². The summed E-state index contributed by atoms with van der Waals surface area (Å²) >= 11 is 5.82. The molecule has 8 heteroatoms. The lowest BCUT2D eigenvalue weighted by Crippen LogP contribution is -3.11. The van der Waals surface area contributed by atoms with Crippen molar-refractivity contribution in [2.75, 3.05) is 45.0 Å². The van der Waals surface area contributed by atoms with Crippen LogP contribution in [0.1, 0.15) is 0 Å². The van der Waals surface area contributed by atoms with Gasteiger partial charge < -0.3 is 25.0 Å². The van der Waals surface area contributed by atoms with Crippen molar-refractivity contribution in [3.63, 3.8) is 0 Å². The number of nitrogens with one attached hydrogen (secondary N) is 3. The fourth-order valence-electron chi connectivity index (χ4n) is 2.46. The monoisotopic (exact) mass is 392 g/mol. The first-order valence-electron chi connectivity index (χ1n) is 8.30. The summed E-state index contributed by atoms with van der Waals surface area (Å²) in [6, 6.07) is 12.0. The summed E-state index contributed by atoms with van der Waals surface area (Å²) in [6.07, 6.45) is 0. The van der Waals surface area contributed by atoms with Gasteiger partial charge >= 0.3 is 0 Å². The lowest BCUT2D eigenvalue weighted by molar-refractivity contribution is -0.862. The van der Waals surface area contributed by atoms with Crippen LogP contribution < -0.4 is 25.0 Å². The second-order valence-electron chi connectivity index (χ2n) is 5.98. The van der Waals surface area contributed by atoms with E-state index in [-0.39, 0.29) is 24.9 Å². The number of benzene rings is 2. The van der Waals surface area contributed by atoms with E-state index in [4.69, 9.17) is 21.1 Å². The van der Waals surface area contributed by atoms with Gasteiger partial charge in [-0.3, -0.25) is 9.59 Å². The molecule has 7 nitrogen and oxygen atoms in total. The molecule has 0 fully saturated rings. The van der Waals surface area contributed by atoms with E-state index in [9.17, 15) is 9.59 Å². The molecule has 0 heterocycles. The molecule has 0 aliphatic heterocycles. The normalized spacial score (nSPS) is 11.4. The molecule has 2 amide bonds. The number of ether oxygens (including phenoxy) is 2. The number of methoxy groups -OCH3 is 2. The fraction of sp³-hybridized carbons (Fsp3) is 0.263. The Balaban J connectivity index is 1.88. The minimum Gasteiger partial charge on any atom is -0.497 e. The van der Waals surface area contributed by atoms with Crippen LogP contribution in [0.3, 0.4) is 0 Å². The molecule has 144 valence electrons. The number of amides is 2. The number of quaternary nitrogens is 1. The van der Waals surface area contributed by atoms with Crippen molar-refractivity contribution < 1.29 is 24.0 Å². The first-order valence-corrected chi connectivity index (χ1v) is 8.67. The van der Waals surface area contributed by atoms with Crippen LogP contribution in [0, 0.1) is 0 Å². The molecule has 0 aromatic heterocycles. The van der Waals surface area contributed by atoms with Crippen molar-refractivity contribution in [2.45, 2.75) is 0 Å². The molecule has 3 N–H and O–H groups in total. The molecule has 0 aliphatic carbocycles. The van der Waals surface area contributed by atoms with E-state index >= 15 is 0 Å². The maximum absolute atomic E-state index is 12.3. The molecule has 0 radical (unpaired) electrons. The molecule has 0 saturated carbocycles. The summed E-state index contributed by atoms with van der Waals surface area (Å²) in [5.74, 6) is 0.705. The third-order valence-electron chi connectivity index (χ3n) is 3.73. The molecular formula is C19H23ClN3O4+. The van der Waals surface area contributed by atoms with Crippen molar-refractivity contribution in [2.24, 2.45) is 0 Å². The highest BCUT2D eigenvalue weighted by molar-refractivity contribution is 6.30. The van der Waals surface area contributed by atoms with E-state index in [1.807, 2.05) is 0 Å². The van der Waals surface area contributed by atoms with Crippen LogP contribution in [0.5, 0.6) is 11.5 Å². The minimum atomic E-state index is -0.238. The van der Waals surface area contributed by atoms with Crippen molar-refractivity contribution in [1.29, 1.82) is 0 Å². The highest BCUT2D eigenvalue weighted by atomic mass is 35.5. The minimum absolute atomic E-state index is 0.119. The fourth-order valence-corrected chi connectivity index (χ4v) is 2.58. The molecule has 0 saturated heterocycles. The van der Waals surface area contributed by atoms with Gasteiger partial charge in [0.2, 0.25) is 0 Å². The molecular weight excluding hydrogens is 370 g/mol. The molecule has 2 rings (SSSR count). The predicted octanol–water partition coefficient (Wildman–Crippen LogP) is 1.45. The summed E-state index contributed by atoms with van der Waals surface area (Å²) in [5.41, 5.74) is 1.17. The Bertz CT molecular complexity index is 796. The maximum Gasteiger partial charge on any atom is 0.279 e. The maximum atomic E-state index is 12.3. The van der Waals surface area contributed by atoms with Crippen LogP contribution in [0.4, 0.5) is 11.4 Å². The average Bonchev–Trinajstić information content (AvgIpc) is 2.63. The summed E-state index contributed by atoms with van der Waals surface area (Å²) in [6.45, 7) is 0.264. The molecule has 2 aromatic carbocycles. The Kier molecular flexibility index (Phi) is 7.45. The Morgan fingerprint density at radius 1 is 0.963 bits per heavy atom. The zero-order valence-electron chi connectivity index (χ0n) is 15.5. The van der Waals surface area contributed by atoms with E-state index in [1.54, 1.807) is 56.6 Å². The Morgan fingerprint density at radius 2 is 1.59 bits per heavy atom. The van der Waals surface area contributed by atoms with Gasteiger partial charge in [-0.25, -0.2) is 0 Å². The second-order valence-corrected chi connectivity index (χ2v) is 6.42. The zero-order chi connectivity index (χ0) is 19.8. The Hall–Kier alpha value is -2.77. The molecule has 2 aromatic rings. The predicted molar refractivity (Wildman–Crippen MR) is 105 cm³/mol. The smallest absolute Gasteiger partial charge is 0.279 e. The number of anilines is 2. The van der Waals surface area contributed by atoms with Gasteiger partial charge in [0.1, 0.15) is 11.5 Å². The highest BCUT2D eigenvalue weighted by Gasteiger charge is 2.16. The topological polar surface area (TPSA) is 81.1 Å². The molecule has 0 spiro atoms. The Morgan fingerprint density at radius 3 is 2.19 bits per heavy atom. The third kappa shape index (κ3) is 6.47. The van der Waals surface area contributed by atoms with Gasteiger partial charge in [0.15, 0.2) is 13.1 Å². The first-order chi connectivity index (χ1) is 12.9. The number of likely N-dealkylation sites (N-methyl/N-ethyl adjacent to an activating group) is 1. The standard InChI is InChI=1S/C19H22ClN3O4/c1-23(11-18(24)21-14-6-4-13(20)5-7-14)12-19(25)22-16-10-15(26-2)8-9-17(16)27-3/h4-10H,11-12H2,1-3H3,(H,21,24)(H,22,25)/p+1. The van der Waals surface area contributed by atoms with Gasteiger partial charge in [-0.05, 0) is 36.4 Å². The lowest BCUT2D eigenvalue weighted by Gasteiger charge is -2.15. The van der Waals surface area contributed by atoms with Crippen LogP contribution in [-0.2, 0) is 9.59 Å². The van der Waals surface area contributed by atoms with Crippen molar-refractivity contribution in [3.8, 4) is 11.5 Å². The number of rotatable bonds is 8. The number of hydrogen-bond acceptors (Lipinski definition) is 4. The zero-order valence-corrected chi connectivity index (χ0v) is 16.2. The van der Waals surface area contributed by atoms with Crippen LogP contribution in [-0.4, -0.2) is 46.2 Å². The van der Waals surface area contributed by atoms with Gasteiger partial charge in [0.05, 0.1) is 27.0 Å². The van der Waals surface area contributed by atoms with E-state index in [0.29, 0.717) is 27.9 Å². The summed E-state index contributed by atoms with van der Waals surface area (Å²) in [4.78, 5) is 25.1. The average molecular weight is 393 g/mol. The van der Waals surface area contributed by atoms with Crippen LogP contribution in [0.2, 0.25) is 5.02 Å². The van der Waals surface area contributed by atoms with Crippen molar-refractivity contribution in [3.05, 3.63) is 47.5 Å². The molecule has 1 atom stereocenters. The molecule has 1 unspecified atom stereocenters. The number of halogens is 1. The van der Waals surface area contributed by atoms with E-state index in [2.05, 4.69) is 10.6 Å². The number of carbonyl (C=O) groups excluding carboxylic acids is 2. The van der Waals surface area contributed by atoms with E-state index in [0.717, 1.165) is 4.90 Å². The third-order valence-corrected chi connectivity index (χ3v) is 3.99. The second kappa shape index (κ2) is 9.80. The summed E-state index contributed by atoms with van der Waals surface area (Å²) in [7, 11) is 4.84. The molecule has 0 bridgehead atoms. The largest absolute Gasteiger partial charge is 0.497 e. The van der Waals surface area contributed by atoms with E-state index in [1.165, 1.54) is 7.11 Å². The first kappa shape index (κ1) is 20.5. The van der Waals surface area contributed by atoms with Gasteiger partial charge in [0.25, 0.3) is 11.8 Å². The Labute approximate surface area is 163 Å². The molecule has 0 aliphatic rings.